The van der Waals surface area contributed by atoms with Crippen LogP contribution in [0.2, 0.25) is 5.02 Å². The van der Waals surface area contributed by atoms with E-state index in [-0.39, 0.29) is 5.82 Å². The van der Waals surface area contributed by atoms with Gasteiger partial charge in [0.15, 0.2) is 0 Å². The van der Waals surface area contributed by atoms with Crippen molar-refractivity contribution in [2.45, 2.75) is 26.3 Å². The van der Waals surface area contributed by atoms with Gasteiger partial charge in [0.2, 0.25) is 0 Å². The minimum absolute atomic E-state index is 0.343. The number of rotatable bonds is 3. The molecule has 0 aliphatic heterocycles. The number of hydrogen-bond acceptors (Lipinski definition) is 1. The normalized spacial score (nSPS) is 12.5. The highest BCUT2D eigenvalue weighted by atomic mass is 35.5. The van der Waals surface area contributed by atoms with E-state index in [2.05, 4.69) is 18.2 Å². The zero-order valence-electron chi connectivity index (χ0n) is 11.1. The van der Waals surface area contributed by atoms with E-state index in [0.29, 0.717) is 17.0 Å². The second-order valence-corrected chi connectivity index (χ2v) is 5.35. The van der Waals surface area contributed by atoms with E-state index in [0.717, 1.165) is 5.56 Å². The summed E-state index contributed by atoms with van der Waals surface area (Å²) in [7, 11) is 0. The molecule has 0 radical (unpaired) electrons. The van der Waals surface area contributed by atoms with Gasteiger partial charge in [0.25, 0.3) is 0 Å². The van der Waals surface area contributed by atoms with Crippen molar-refractivity contribution in [2.75, 3.05) is 0 Å². The van der Waals surface area contributed by atoms with Gasteiger partial charge in [0.1, 0.15) is 5.82 Å². The lowest BCUT2D eigenvalue weighted by Gasteiger charge is -2.15. The van der Waals surface area contributed by atoms with Crippen molar-refractivity contribution in [1.29, 1.82) is 0 Å². The molecule has 0 spiro atoms. The van der Waals surface area contributed by atoms with Crippen LogP contribution in [-0.2, 0) is 6.42 Å². The van der Waals surface area contributed by atoms with E-state index in [1.165, 1.54) is 17.2 Å². The molecule has 0 heterocycles. The first-order valence-electron chi connectivity index (χ1n) is 6.24. The average Bonchev–Trinajstić information content (AvgIpc) is 2.26. The predicted molar refractivity (Wildman–Crippen MR) is 78.0 cm³/mol. The molecule has 0 amide bonds. The van der Waals surface area contributed by atoms with Crippen molar-refractivity contribution in [3.05, 3.63) is 69.5 Å². The Morgan fingerprint density at radius 2 is 1.79 bits per heavy atom. The quantitative estimate of drug-likeness (QED) is 0.887. The molecular weight excluding hydrogens is 261 g/mol. The van der Waals surface area contributed by atoms with Crippen LogP contribution in [0.5, 0.6) is 0 Å². The first-order chi connectivity index (χ1) is 8.97. The smallest absolute Gasteiger partial charge is 0.129 e. The largest absolute Gasteiger partial charge is 0.324 e. The highest BCUT2D eigenvalue weighted by molar-refractivity contribution is 6.31. The third kappa shape index (κ3) is 3.34. The summed E-state index contributed by atoms with van der Waals surface area (Å²) >= 11 is 6.03. The van der Waals surface area contributed by atoms with Crippen LogP contribution in [0.3, 0.4) is 0 Å². The average molecular weight is 278 g/mol. The van der Waals surface area contributed by atoms with Gasteiger partial charge in [0, 0.05) is 16.6 Å². The highest BCUT2D eigenvalue weighted by Gasteiger charge is 2.15. The van der Waals surface area contributed by atoms with Crippen molar-refractivity contribution < 1.29 is 4.39 Å². The number of aryl methyl sites for hydroxylation is 2. The van der Waals surface area contributed by atoms with Crippen molar-refractivity contribution in [2.24, 2.45) is 5.73 Å². The van der Waals surface area contributed by atoms with E-state index >= 15 is 0 Å². The fourth-order valence-corrected chi connectivity index (χ4v) is 2.71. The molecule has 3 heteroatoms. The second-order valence-electron chi connectivity index (χ2n) is 4.94. The Morgan fingerprint density at radius 1 is 1.16 bits per heavy atom. The van der Waals surface area contributed by atoms with Gasteiger partial charge in [-0.2, -0.15) is 0 Å². The summed E-state index contributed by atoms with van der Waals surface area (Å²) in [6.07, 6.45) is 0.573. The molecule has 1 atom stereocenters. The molecule has 0 saturated carbocycles. The molecule has 0 aliphatic rings. The van der Waals surface area contributed by atoms with Crippen LogP contribution in [0.1, 0.15) is 28.3 Å². The Hall–Kier alpha value is -1.38. The lowest BCUT2D eigenvalue weighted by Crippen LogP contribution is -2.15. The van der Waals surface area contributed by atoms with Gasteiger partial charge in [-0.1, -0.05) is 47.0 Å². The summed E-state index contributed by atoms with van der Waals surface area (Å²) in [5.74, 6) is -0.343. The van der Waals surface area contributed by atoms with Crippen LogP contribution in [0.15, 0.2) is 36.4 Å². The zero-order chi connectivity index (χ0) is 14.0. The number of nitrogens with two attached hydrogens (primary N) is 1. The minimum atomic E-state index is -0.435. The molecule has 1 nitrogen and oxygen atoms in total. The van der Waals surface area contributed by atoms with Gasteiger partial charge in [-0.25, -0.2) is 4.39 Å². The van der Waals surface area contributed by atoms with Gasteiger partial charge in [-0.3, -0.25) is 0 Å². The van der Waals surface area contributed by atoms with E-state index in [4.69, 9.17) is 17.3 Å². The Morgan fingerprint density at radius 3 is 2.37 bits per heavy atom. The Labute approximate surface area is 118 Å². The molecule has 0 fully saturated rings. The summed E-state index contributed by atoms with van der Waals surface area (Å²) in [5, 5.41) is 0.386. The second kappa shape index (κ2) is 5.72. The molecule has 2 rings (SSSR count). The lowest BCUT2D eigenvalue weighted by molar-refractivity contribution is 0.580. The van der Waals surface area contributed by atoms with Crippen molar-refractivity contribution in [3.63, 3.8) is 0 Å². The predicted octanol–water partition coefficient (Wildman–Crippen LogP) is 4.34. The summed E-state index contributed by atoms with van der Waals surface area (Å²) in [5.41, 5.74) is 9.96. The molecule has 1 unspecified atom stereocenters. The van der Waals surface area contributed by atoms with Crippen molar-refractivity contribution in [3.8, 4) is 0 Å². The Balaban J connectivity index is 2.28. The Kier molecular flexibility index (Phi) is 4.23. The molecule has 0 saturated heterocycles. The first kappa shape index (κ1) is 14.0. The van der Waals surface area contributed by atoms with Gasteiger partial charge in [-0.05, 0) is 38.0 Å². The standard InChI is InChI=1S/C16H17ClFN/c1-10-6-11(2)8-12(7-10)9-15(19)16-13(17)4-3-5-14(16)18/h3-8,15H,9,19H2,1-2H3. The molecule has 19 heavy (non-hydrogen) atoms. The van der Waals surface area contributed by atoms with Crippen LogP contribution in [0.25, 0.3) is 0 Å². The topological polar surface area (TPSA) is 26.0 Å². The summed E-state index contributed by atoms with van der Waals surface area (Å²) in [6, 6.07) is 10.5. The summed E-state index contributed by atoms with van der Waals surface area (Å²) in [6.45, 7) is 4.08. The van der Waals surface area contributed by atoms with Crippen LogP contribution in [-0.4, -0.2) is 0 Å². The van der Waals surface area contributed by atoms with Gasteiger partial charge in [-0.15, -0.1) is 0 Å². The van der Waals surface area contributed by atoms with Gasteiger partial charge >= 0.3 is 0 Å². The molecule has 0 aromatic heterocycles. The first-order valence-corrected chi connectivity index (χ1v) is 6.62. The fraction of sp³-hybridized carbons (Fsp3) is 0.250. The van der Waals surface area contributed by atoms with Gasteiger partial charge in [0.05, 0.1) is 0 Å². The van der Waals surface area contributed by atoms with Crippen LogP contribution in [0, 0.1) is 19.7 Å². The van der Waals surface area contributed by atoms with Crippen LogP contribution in [0.4, 0.5) is 4.39 Å². The molecule has 0 bridgehead atoms. The monoisotopic (exact) mass is 277 g/mol. The molecule has 100 valence electrons. The maximum absolute atomic E-state index is 13.8. The third-order valence-electron chi connectivity index (χ3n) is 3.11. The van der Waals surface area contributed by atoms with Crippen LogP contribution >= 0.6 is 11.6 Å². The SMILES string of the molecule is Cc1cc(C)cc(CC(N)c2c(F)cccc2Cl)c1. The molecule has 2 N–H and O–H groups in total. The van der Waals surface area contributed by atoms with E-state index in [9.17, 15) is 4.39 Å². The zero-order valence-corrected chi connectivity index (χ0v) is 11.8. The highest BCUT2D eigenvalue weighted by Crippen LogP contribution is 2.27. The summed E-state index contributed by atoms with van der Waals surface area (Å²) < 4.78 is 13.8. The molecule has 2 aromatic carbocycles. The fourth-order valence-electron chi connectivity index (χ4n) is 2.41. The van der Waals surface area contributed by atoms with E-state index in [1.807, 2.05) is 13.8 Å². The summed E-state index contributed by atoms with van der Waals surface area (Å²) in [4.78, 5) is 0. The lowest BCUT2D eigenvalue weighted by atomic mass is 9.97. The minimum Gasteiger partial charge on any atom is -0.324 e. The van der Waals surface area contributed by atoms with Crippen molar-refractivity contribution >= 4 is 11.6 Å². The van der Waals surface area contributed by atoms with Gasteiger partial charge < -0.3 is 5.73 Å². The maximum atomic E-state index is 13.8. The maximum Gasteiger partial charge on any atom is 0.129 e. The third-order valence-corrected chi connectivity index (χ3v) is 3.44. The van der Waals surface area contributed by atoms with Crippen molar-refractivity contribution in [1.82, 2.24) is 0 Å². The molecule has 2 aromatic rings. The van der Waals surface area contributed by atoms with E-state index in [1.54, 1.807) is 12.1 Å². The van der Waals surface area contributed by atoms with E-state index < -0.39 is 6.04 Å². The van der Waals surface area contributed by atoms with Crippen LogP contribution < -0.4 is 5.73 Å². The molecule has 0 aliphatic carbocycles. The Bertz CT molecular complexity index is 555. The number of halogens is 2. The number of hydrogen-bond donors (Lipinski definition) is 1. The number of benzene rings is 2. The molecular formula is C16H17ClFN.